The summed E-state index contributed by atoms with van der Waals surface area (Å²) in [6.07, 6.45) is -0.829. The third kappa shape index (κ3) is 2.48. The lowest BCUT2D eigenvalue weighted by molar-refractivity contribution is 0.219. The Morgan fingerprint density at radius 3 is 2.47 bits per heavy atom. The van der Waals surface area contributed by atoms with Gasteiger partial charge in [-0.3, -0.25) is 0 Å². The van der Waals surface area contributed by atoms with Crippen LogP contribution in [0.15, 0.2) is 42.5 Å². The molecular weight excluding hydrogens is 239 g/mol. The fourth-order valence-electron chi connectivity index (χ4n) is 1.78. The van der Waals surface area contributed by atoms with E-state index < -0.39 is 11.9 Å². The molecule has 0 amide bonds. The van der Waals surface area contributed by atoms with Gasteiger partial charge < -0.3 is 5.11 Å². The van der Waals surface area contributed by atoms with Gasteiger partial charge in [-0.2, -0.15) is 0 Å². The Kier molecular flexibility index (Phi) is 3.46. The van der Waals surface area contributed by atoms with Crippen LogP contribution in [0.3, 0.4) is 0 Å². The molecule has 0 spiro atoms. The minimum atomic E-state index is -0.829. The van der Waals surface area contributed by atoms with Crippen molar-refractivity contribution in [3.05, 3.63) is 70.0 Å². The van der Waals surface area contributed by atoms with Gasteiger partial charge in [-0.05, 0) is 30.2 Å². The second-order valence-corrected chi connectivity index (χ2v) is 4.33. The number of aryl methyl sites for hydroxylation is 1. The van der Waals surface area contributed by atoms with Crippen molar-refractivity contribution in [1.82, 2.24) is 0 Å². The fourth-order valence-corrected chi connectivity index (χ4v) is 2.05. The first-order valence-corrected chi connectivity index (χ1v) is 5.66. The molecule has 0 radical (unpaired) electrons. The summed E-state index contributed by atoms with van der Waals surface area (Å²) in [5, 5.41) is 10.5. The highest BCUT2D eigenvalue weighted by molar-refractivity contribution is 6.31. The summed E-state index contributed by atoms with van der Waals surface area (Å²) in [7, 11) is 0. The molecule has 0 saturated heterocycles. The topological polar surface area (TPSA) is 20.2 Å². The maximum atomic E-state index is 12.9. The van der Waals surface area contributed by atoms with E-state index in [1.165, 1.54) is 18.2 Å². The molecule has 1 unspecified atom stereocenters. The molecule has 0 heterocycles. The summed E-state index contributed by atoms with van der Waals surface area (Å²) in [4.78, 5) is 0. The number of benzene rings is 2. The van der Waals surface area contributed by atoms with Gasteiger partial charge in [-0.1, -0.05) is 41.9 Å². The Balaban J connectivity index is 2.44. The van der Waals surface area contributed by atoms with Gasteiger partial charge in [-0.25, -0.2) is 4.39 Å². The van der Waals surface area contributed by atoms with Crippen molar-refractivity contribution in [2.75, 3.05) is 0 Å². The van der Waals surface area contributed by atoms with Gasteiger partial charge in [0.25, 0.3) is 0 Å². The Morgan fingerprint density at radius 2 is 1.82 bits per heavy atom. The molecule has 2 aromatic rings. The van der Waals surface area contributed by atoms with Crippen molar-refractivity contribution >= 4 is 11.6 Å². The van der Waals surface area contributed by atoms with Gasteiger partial charge >= 0.3 is 0 Å². The molecule has 0 fully saturated rings. The summed E-state index contributed by atoms with van der Waals surface area (Å²) in [6.45, 7) is 1.91. The monoisotopic (exact) mass is 250 g/mol. The smallest absolute Gasteiger partial charge is 0.124 e. The van der Waals surface area contributed by atoms with E-state index in [1.54, 1.807) is 0 Å². The van der Waals surface area contributed by atoms with Crippen LogP contribution in [-0.2, 0) is 0 Å². The first kappa shape index (κ1) is 12.1. The van der Waals surface area contributed by atoms with Crippen molar-refractivity contribution in [3.63, 3.8) is 0 Å². The van der Waals surface area contributed by atoms with Crippen molar-refractivity contribution in [2.45, 2.75) is 13.0 Å². The summed E-state index contributed by atoms with van der Waals surface area (Å²) >= 11 is 5.93. The predicted molar refractivity (Wildman–Crippen MR) is 66.7 cm³/mol. The summed E-state index contributed by atoms with van der Waals surface area (Å²) < 4.78 is 12.9. The molecule has 1 nitrogen and oxygen atoms in total. The van der Waals surface area contributed by atoms with Crippen LogP contribution >= 0.6 is 11.6 Å². The number of rotatable bonds is 2. The van der Waals surface area contributed by atoms with E-state index >= 15 is 0 Å². The zero-order valence-corrected chi connectivity index (χ0v) is 10.1. The fraction of sp³-hybridized carbons (Fsp3) is 0.143. The summed E-state index contributed by atoms with van der Waals surface area (Å²) in [6, 6.07) is 11.5. The second-order valence-electron chi connectivity index (χ2n) is 3.92. The lowest BCUT2D eigenvalue weighted by atomic mass is 9.97. The zero-order chi connectivity index (χ0) is 12.4. The molecule has 2 rings (SSSR count). The van der Waals surface area contributed by atoms with Crippen LogP contribution in [0.2, 0.25) is 5.02 Å². The molecule has 0 saturated carbocycles. The molecule has 0 aliphatic rings. The molecule has 0 aliphatic heterocycles. The molecule has 88 valence electrons. The Hall–Kier alpha value is -1.38. The van der Waals surface area contributed by atoms with E-state index in [1.807, 2.05) is 31.2 Å². The SMILES string of the molecule is Cc1ccccc1C(O)c1ccc(F)cc1Cl. The molecule has 3 heteroatoms. The standard InChI is InChI=1S/C14H12ClFO/c1-9-4-2-3-5-11(9)14(17)12-7-6-10(16)8-13(12)15/h2-8,14,17H,1H3. The number of hydrogen-bond acceptors (Lipinski definition) is 1. The average Bonchev–Trinajstić information content (AvgIpc) is 2.29. The van der Waals surface area contributed by atoms with Crippen LogP contribution in [0.1, 0.15) is 22.8 Å². The quantitative estimate of drug-likeness (QED) is 0.858. The molecule has 17 heavy (non-hydrogen) atoms. The van der Waals surface area contributed by atoms with Crippen LogP contribution in [0, 0.1) is 12.7 Å². The molecule has 0 aliphatic carbocycles. The summed E-state index contributed by atoms with van der Waals surface area (Å²) in [5.41, 5.74) is 2.27. The van der Waals surface area contributed by atoms with Crippen LogP contribution in [0.4, 0.5) is 4.39 Å². The minimum absolute atomic E-state index is 0.237. The third-order valence-corrected chi connectivity index (χ3v) is 3.07. The molecule has 0 bridgehead atoms. The van der Waals surface area contributed by atoms with Crippen molar-refractivity contribution in [3.8, 4) is 0 Å². The van der Waals surface area contributed by atoms with Crippen LogP contribution in [-0.4, -0.2) is 5.11 Å². The molecular formula is C14H12ClFO. The normalized spacial score (nSPS) is 12.5. The van der Waals surface area contributed by atoms with Gasteiger partial charge in [0.1, 0.15) is 11.9 Å². The Labute approximate surface area is 104 Å². The first-order chi connectivity index (χ1) is 8.09. The lowest BCUT2D eigenvalue weighted by Gasteiger charge is -2.15. The van der Waals surface area contributed by atoms with E-state index in [0.29, 0.717) is 5.56 Å². The van der Waals surface area contributed by atoms with Crippen molar-refractivity contribution in [1.29, 1.82) is 0 Å². The highest BCUT2D eigenvalue weighted by atomic mass is 35.5. The zero-order valence-electron chi connectivity index (χ0n) is 9.32. The van der Waals surface area contributed by atoms with Crippen LogP contribution in [0.5, 0.6) is 0 Å². The second kappa shape index (κ2) is 4.86. The van der Waals surface area contributed by atoms with Crippen LogP contribution < -0.4 is 0 Å². The third-order valence-electron chi connectivity index (χ3n) is 2.74. The largest absolute Gasteiger partial charge is 0.384 e. The Morgan fingerprint density at radius 1 is 1.12 bits per heavy atom. The highest BCUT2D eigenvalue weighted by Crippen LogP contribution is 2.30. The number of halogens is 2. The number of aliphatic hydroxyl groups excluding tert-OH is 1. The van der Waals surface area contributed by atoms with E-state index in [0.717, 1.165) is 11.1 Å². The molecule has 1 N–H and O–H groups in total. The average molecular weight is 251 g/mol. The molecule has 0 aromatic heterocycles. The van der Waals surface area contributed by atoms with Gasteiger partial charge in [0.2, 0.25) is 0 Å². The van der Waals surface area contributed by atoms with Gasteiger partial charge in [0.15, 0.2) is 0 Å². The van der Waals surface area contributed by atoms with Crippen molar-refractivity contribution < 1.29 is 9.50 Å². The van der Waals surface area contributed by atoms with E-state index in [-0.39, 0.29) is 5.02 Å². The van der Waals surface area contributed by atoms with Crippen LogP contribution in [0.25, 0.3) is 0 Å². The summed E-state index contributed by atoms with van der Waals surface area (Å²) in [5.74, 6) is -0.407. The maximum Gasteiger partial charge on any atom is 0.124 e. The number of aliphatic hydroxyl groups is 1. The van der Waals surface area contributed by atoms with Gasteiger partial charge in [0.05, 0.1) is 0 Å². The lowest BCUT2D eigenvalue weighted by Crippen LogP contribution is -2.02. The minimum Gasteiger partial charge on any atom is -0.384 e. The predicted octanol–water partition coefficient (Wildman–Crippen LogP) is 3.87. The van der Waals surface area contributed by atoms with E-state index in [9.17, 15) is 9.50 Å². The first-order valence-electron chi connectivity index (χ1n) is 5.28. The number of hydrogen-bond donors (Lipinski definition) is 1. The Bertz CT molecular complexity index is 539. The molecule has 1 atom stereocenters. The molecule has 2 aromatic carbocycles. The maximum absolute atomic E-state index is 12.9. The van der Waals surface area contributed by atoms with Gasteiger partial charge in [-0.15, -0.1) is 0 Å². The van der Waals surface area contributed by atoms with E-state index in [4.69, 9.17) is 11.6 Å². The van der Waals surface area contributed by atoms with E-state index in [2.05, 4.69) is 0 Å². The van der Waals surface area contributed by atoms with Crippen molar-refractivity contribution in [2.24, 2.45) is 0 Å². The highest BCUT2D eigenvalue weighted by Gasteiger charge is 2.15. The van der Waals surface area contributed by atoms with Gasteiger partial charge in [0, 0.05) is 10.6 Å².